The van der Waals surface area contributed by atoms with Crippen LogP contribution in [0, 0.1) is 17.7 Å². The molecule has 1 saturated heterocycles. The number of fused-ring (bicyclic) bond motifs is 1. The number of anilines is 2. The molecule has 3 heterocycles. The van der Waals surface area contributed by atoms with Gasteiger partial charge in [0.2, 0.25) is 5.91 Å². The number of Topliss-reactive ketones (excluding diaryl/α,β-unsaturated/α-hetero) is 1. The van der Waals surface area contributed by atoms with Gasteiger partial charge < -0.3 is 9.80 Å². The lowest BCUT2D eigenvalue weighted by molar-refractivity contribution is -0.142. The third-order valence-corrected chi connectivity index (χ3v) is 9.10. The van der Waals surface area contributed by atoms with Gasteiger partial charge in [-0.3, -0.25) is 14.5 Å². The molecule has 0 unspecified atom stereocenters. The number of carbonyl (C=O) groups excluding carboxylic acids is 2. The summed E-state index contributed by atoms with van der Waals surface area (Å²) >= 11 is 0. The molecule has 2 aliphatic heterocycles. The molecule has 1 aromatic carbocycles. The average molecular weight is 521 g/mol. The Balaban J connectivity index is 1.38. The van der Waals surface area contributed by atoms with Crippen LogP contribution in [0.2, 0.25) is 0 Å². The third kappa shape index (κ3) is 5.49. The van der Waals surface area contributed by atoms with E-state index in [0.717, 1.165) is 80.7 Å². The van der Waals surface area contributed by atoms with Crippen LogP contribution in [0.25, 0.3) is 0 Å². The number of ketones is 1. The van der Waals surface area contributed by atoms with E-state index in [2.05, 4.69) is 20.9 Å². The average Bonchev–Trinajstić information content (AvgIpc) is 3.58. The molecule has 2 fully saturated rings. The molecule has 7 heteroatoms. The van der Waals surface area contributed by atoms with Crippen molar-refractivity contribution in [3.63, 3.8) is 0 Å². The molecule has 3 aliphatic rings. The van der Waals surface area contributed by atoms with E-state index in [4.69, 9.17) is 0 Å². The number of rotatable bonds is 8. The lowest BCUT2D eigenvalue weighted by atomic mass is 9.76. The molecule has 0 bridgehead atoms. The maximum atomic E-state index is 14.2. The maximum absolute atomic E-state index is 14.2. The summed E-state index contributed by atoms with van der Waals surface area (Å²) in [5, 5.41) is 0. The summed E-state index contributed by atoms with van der Waals surface area (Å²) in [6, 6.07) is 8.87. The molecule has 3 atom stereocenters. The lowest BCUT2D eigenvalue weighted by Gasteiger charge is -2.35. The van der Waals surface area contributed by atoms with E-state index >= 15 is 0 Å². The van der Waals surface area contributed by atoms with E-state index in [9.17, 15) is 14.0 Å². The predicted molar refractivity (Wildman–Crippen MR) is 148 cm³/mol. The van der Waals surface area contributed by atoms with Gasteiger partial charge in [-0.1, -0.05) is 19.3 Å². The lowest BCUT2D eigenvalue weighted by Crippen LogP contribution is -2.42. The number of hydrogen-bond acceptors (Lipinski definition) is 5. The van der Waals surface area contributed by atoms with Gasteiger partial charge in [-0.15, -0.1) is 0 Å². The smallest absolute Gasteiger partial charge is 0.226 e. The molecule has 0 spiro atoms. The van der Waals surface area contributed by atoms with Crippen molar-refractivity contribution < 1.29 is 14.0 Å². The van der Waals surface area contributed by atoms with Gasteiger partial charge in [0.1, 0.15) is 17.4 Å². The SMILES string of the molecule is C[C@@H](C(=O)C[C@H](C(=O)N1CCC[C@H]1c1ccnc(N2CCc3cc(F)ccc32)c1)C1CCCCC1)N(C)C. The number of amides is 1. The molecule has 2 aromatic rings. The number of pyridine rings is 1. The van der Waals surface area contributed by atoms with Gasteiger partial charge in [0, 0.05) is 37.3 Å². The quantitative estimate of drug-likeness (QED) is 0.448. The van der Waals surface area contributed by atoms with Crippen molar-refractivity contribution >= 4 is 23.2 Å². The third-order valence-electron chi connectivity index (χ3n) is 9.10. The maximum Gasteiger partial charge on any atom is 0.226 e. The number of aromatic nitrogens is 1. The molecule has 1 saturated carbocycles. The standard InChI is InChI=1S/C31H41FN4O2/c1-21(34(2)3)29(37)20-26(22-8-5-4-6-9-22)31(38)36-16-7-10-27(36)23-13-15-33-30(19-23)35-17-14-24-18-25(32)11-12-28(24)35/h11-13,15,18-19,21-22,26-27H,4-10,14,16-17,20H2,1-3H3/t21-,26-,27-/m0/s1. The van der Waals surface area contributed by atoms with Crippen LogP contribution in [-0.4, -0.2) is 59.7 Å². The highest BCUT2D eigenvalue weighted by Crippen LogP contribution is 2.40. The summed E-state index contributed by atoms with van der Waals surface area (Å²) in [5.41, 5.74) is 3.09. The summed E-state index contributed by atoms with van der Waals surface area (Å²) < 4.78 is 13.7. The molecule has 1 amide bonds. The summed E-state index contributed by atoms with van der Waals surface area (Å²) in [7, 11) is 3.85. The molecule has 38 heavy (non-hydrogen) atoms. The van der Waals surface area contributed by atoms with Crippen molar-refractivity contribution in [2.75, 3.05) is 32.1 Å². The van der Waals surface area contributed by atoms with Crippen molar-refractivity contribution in [2.24, 2.45) is 11.8 Å². The second kappa shape index (κ2) is 11.5. The Morgan fingerprint density at radius 1 is 1.05 bits per heavy atom. The molecule has 1 aromatic heterocycles. The van der Waals surface area contributed by atoms with Crippen molar-refractivity contribution in [3.05, 3.63) is 53.5 Å². The molecule has 6 nitrogen and oxygen atoms in total. The van der Waals surface area contributed by atoms with Gasteiger partial charge in [0.05, 0.1) is 12.1 Å². The Bertz CT molecular complexity index is 1160. The monoisotopic (exact) mass is 520 g/mol. The van der Waals surface area contributed by atoms with Crippen LogP contribution in [0.15, 0.2) is 36.5 Å². The van der Waals surface area contributed by atoms with E-state index in [1.807, 2.05) is 44.2 Å². The Kier molecular flexibility index (Phi) is 8.12. The summed E-state index contributed by atoms with van der Waals surface area (Å²) in [6.45, 7) is 3.43. The van der Waals surface area contributed by atoms with Gasteiger partial charge in [-0.05, 0) is 100 Å². The van der Waals surface area contributed by atoms with Crippen LogP contribution in [0.5, 0.6) is 0 Å². The number of likely N-dealkylation sites (N-methyl/N-ethyl adjacent to an activating group) is 1. The van der Waals surface area contributed by atoms with E-state index < -0.39 is 0 Å². The van der Waals surface area contributed by atoms with Crippen molar-refractivity contribution in [2.45, 2.75) is 76.8 Å². The number of nitrogens with zero attached hydrogens (tertiary/aromatic N) is 4. The first kappa shape index (κ1) is 26.8. The molecule has 0 N–H and O–H groups in total. The molecule has 204 valence electrons. The zero-order chi connectivity index (χ0) is 26.8. The first-order chi connectivity index (χ1) is 18.3. The van der Waals surface area contributed by atoms with Crippen LogP contribution in [-0.2, 0) is 16.0 Å². The highest BCUT2D eigenvalue weighted by atomic mass is 19.1. The number of benzene rings is 1. The Hall–Kier alpha value is -2.80. The fraction of sp³-hybridized carbons (Fsp3) is 0.581. The number of halogens is 1. The molecule has 1 aliphatic carbocycles. The minimum Gasteiger partial charge on any atom is -0.335 e. The van der Waals surface area contributed by atoms with Gasteiger partial charge in [-0.2, -0.15) is 0 Å². The van der Waals surface area contributed by atoms with Gasteiger partial charge >= 0.3 is 0 Å². The Labute approximate surface area is 226 Å². The van der Waals surface area contributed by atoms with Crippen LogP contribution >= 0.6 is 0 Å². The number of carbonyl (C=O) groups is 2. The van der Waals surface area contributed by atoms with E-state index in [1.54, 1.807) is 6.07 Å². The van der Waals surface area contributed by atoms with E-state index in [1.165, 1.54) is 12.5 Å². The Morgan fingerprint density at radius 3 is 2.61 bits per heavy atom. The summed E-state index contributed by atoms with van der Waals surface area (Å²) in [4.78, 5) is 38.1. The first-order valence-electron chi connectivity index (χ1n) is 14.3. The van der Waals surface area contributed by atoms with Crippen LogP contribution in [0.1, 0.15) is 75.5 Å². The normalized spacial score (nSPS) is 21.6. The van der Waals surface area contributed by atoms with Gasteiger partial charge in [0.15, 0.2) is 0 Å². The van der Waals surface area contributed by atoms with Crippen molar-refractivity contribution in [1.29, 1.82) is 0 Å². The fourth-order valence-corrected chi connectivity index (χ4v) is 6.65. The zero-order valence-electron chi connectivity index (χ0n) is 23.0. The molecule has 5 rings (SSSR count). The molecular weight excluding hydrogens is 479 g/mol. The number of hydrogen-bond donors (Lipinski definition) is 0. The van der Waals surface area contributed by atoms with Crippen LogP contribution < -0.4 is 4.90 Å². The largest absolute Gasteiger partial charge is 0.335 e. The molecule has 0 radical (unpaired) electrons. The van der Waals surface area contributed by atoms with Crippen LogP contribution in [0.4, 0.5) is 15.9 Å². The second-order valence-corrected chi connectivity index (χ2v) is 11.6. The zero-order valence-corrected chi connectivity index (χ0v) is 23.0. The predicted octanol–water partition coefficient (Wildman–Crippen LogP) is 5.68. The minimum absolute atomic E-state index is 0.00740. The topological polar surface area (TPSA) is 56.8 Å². The van der Waals surface area contributed by atoms with Gasteiger partial charge in [0.25, 0.3) is 0 Å². The Morgan fingerprint density at radius 2 is 1.84 bits per heavy atom. The first-order valence-corrected chi connectivity index (χ1v) is 14.3. The number of likely N-dealkylation sites (tertiary alicyclic amines) is 1. The van der Waals surface area contributed by atoms with E-state index in [0.29, 0.717) is 6.42 Å². The fourth-order valence-electron chi connectivity index (χ4n) is 6.65. The second-order valence-electron chi connectivity index (χ2n) is 11.6. The summed E-state index contributed by atoms with van der Waals surface area (Å²) in [5.74, 6) is 0.978. The van der Waals surface area contributed by atoms with Crippen LogP contribution in [0.3, 0.4) is 0 Å². The van der Waals surface area contributed by atoms with Crippen molar-refractivity contribution in [1.82, 2.24) is 14.8 Å². The highest BCUT2D eigenvalue weighted by Gasteiger charge is 2.39. The molecular formula is C31H41FN4O2. The van der Waals surface area contributed by atoms with Crippen molar-refractivity contribution in [3.8, 4) is 0 Å². The summed E-state index contributed by atoms with van der Waals surface area (Å²) in [6.07, 6.45) is 10.4. The van der Waals surface area contributed by atoms with E-state index in [-0.39, 0.29) is 41.4 Å². The van der Waals surface area contributed by atoms with Gasteiger partial charge in [-0.25, -0.2) is 9.37 Å². The minimum atomic E-state index is -0.243. The highest BCUT2D eigenvalue weighted by molar-refractivity contribution is 5.90.